The topological polar surface area (TPSA) is 94.5 Å². The summed E-state index contributed by atoms with van der Waals surface area (Å²) in [7, 11) is 3.82. The van der Waals surface area contributed by atoms with Gasteiger partial charge in [0.05, 0.1) is 45.6 Å². The third-order valence-corrected chi connectivity index (χ3v) is 11.2. The number of carbonyl (C=O) groups excluding carboxylic acids is 1. The molecular formula is C38H35Cl2N5O4. The molecule has 49 heavy (non-hydrogen) atoms. The molecule has 0 saturated carbocycles. The number of aromatic nitrogens is 4. The maximum atomic E-state index is 15.0. The number of rotatable bonds is 7. The molecule has 8 rings (SSSR count). The van der Waals surface area contributed by atoms with Crippen molar-refractivity contribution in [3.63, 3.8) is 0 Å². The summed E-state index contributed by atoms with van der Waals surface area (Å²) >= 11 is 13.4. The molecule has 250 valence electrons. The lowest BCUT2D eigenvalue weighted by Gasteiger charge is -2.35. The van der Waals surface area contributed by atoms with E-state index in [1.165, 1.54) is 0 Å². The number of nitrogens with zero attached hydrogens (tertiary/aromatic N) is 5. The third kappa shape index (κ3) is 4.77. The summed E-state index contributed by atoms with van der Waals surface area (Å²) < 4.78 is 12.2. The van der Waals surface area contributed by atoms with Gasteiger partial charge in [0.15, 0.2) is 0 Å². The van der Waals surface area contributed by atoms with Crippen LogP contribution >= 0.6 is 23.2 Å². The Balaban J connectivity index is 1.29. The minimum atomic E-state index is -1.04. The molecule has 9 nitrogen and oxygen atoms in total. The predicted molar refractivity (Wildman–Crippen MR) is 193 cm³/mol. The number of hydrogen-bond acceptors (Lipinski definition) is 4. The smallest absolute Gasteiger partial charge is 0.335 e. The van der Waals surface area contributed by atoms with E-state index in [0.717, 1.165) is 71.8 Å². The molecule has 0 fully saturated rings. The SMILES string of the molecule is Cc1cc(OCCCc2c3n4c5c(c(Cl)ccc25)-c2c(nn(C)c2C)C[C@@H]4CN(c2cc(C(=O)O)cc4c2ccn4C)C3=O)cc(C)c1Cl. The Labute approximate surface area is 293 Å². The van der Waals surface area contributed by atoms with Crippen LogP contribution in [0.5, 0.6) is 5.75 Å². The molecule has 0 radical (unpaired) electrons. The van der Waals surface area contributed by atoms with Crippen LogP contribution in [0.2, 0.25) is 10.0 Å². The number of anilines is 1. The molecule has 0 spiro atoms. The van der Waals surface area contributed by atoms with E-state index in [4.69, 9.17) is 33.0 Å². The molecule has 1 N–H and O–H groups in total. The number of aryl methyl sites for hydroxylation is 5. The van der Waals surface area contributed by atoms with E-state index in [-0.39, 0.29) is 17.5 Å². The Bertz CT molecular complexity index is 2380. The van der Waals surface area contributed by atoms with Gasteiger partial charge in [-0.1, -0.05) is 29.3 Å². The minimum absolute atomic E-state index is 0.130. The second-order valence-electron chi connectivity index (χ2n) is 13.3. The molecule has 0 bridgehead atoms. The van der Waals surface area contributed by atoms with Gasteiger partial charge >= 0.3 is 5.97 Å². The van der Waals surface area contributed by atoms with Gasteiger partial charge in [-0.15, -0.1) is 0 Å². The monoisotopic (exact) mass is 695 g/mol. The molecule has 3 aromatic carbocycles. The fraction of sp³-hybridized carbons (Fsp3) is 0.289. The molecule has 1 atom stereocenters. The second-order valence-corrected chi connectivity index (χ2v) is 14.1. The number of carbonyl (C=O) groups is 2. The highest BCUT2D eigenvalue weighted by atomic mass is 35.5. The summed E-state index contributed by atoms with van der Waals surface area (Å²) in [5.41, 5.74) is 9.70. The predicted octanol–water partition coefficient (Wildman–Crippen LogP) is 8.23. The quantitative estimate of drug-likeness (QED) is 0.170. The lowest BCUT2D eigenvalue weighted by molar-refractivity contribution is 0.0696. The van der Waals surface area contributed by atoms with Crippen molar-refractivity contribution < 1.29 is 19.4 Å². The Morgan fingerprint density at radius 2 is 1.78 bits per heavy atom. The van der Waals surface area contributed by atoms with Crippen LogP contribution in [0, 0.1) is 20.8 Å². The molecule has 0 unspecified atom stereocenters. The number of ether oxygens (including phenoxy) is 1. The first-order chi connectivity index (χ1) is 23.4. The highest BCUT2D eigenvalue weighted by Gasteiger charge is 2.41. The third-order valence-electron chi connectivity index (χ3n) is 10.3. The molecule has 1 amide bonds. The molecule has 11 heteroatoms. The second kappa shape index (κ2) is 11.4. The average Bonchev–Trinajstić information content (AvgIpc) is 3.66. The average molecular weight is 697 g/mol. The zero-order valence-corrected chi connectivity index (χ0v) is 29.4. The van der Waals surface area contributed by atoms with Crippen molar-refractivity contribution in [1.82, 2.24) is 18.9 Å². The molecule has 6 aromatic rings. The minimum Gasteiger partial charge on any atom is -0.494 e. The molecular weight excluding hydrogens is 661 g/mol. The maximum Gasteiger partial charge on any atom is 0.335 e. The summed E-state index contributed by atoms with van der Waals surface area (Å²) in [6.45, 7) is 6.78. The Morgan fingerprint density at radius 3 is 2.51 bits per heavy atom. The lowest BCUT2D eigenvalue weighted by Crippen LogP contribution is -2.44. The van der Waals surface area contributed by atoms with Crippen LogP contribution < -0.4 is 9.64 Å². The van der Waals surface area contributed by atoms with E-state index < -0.39 is 5.97 Å². The van der Waals surface area contributed by atoms with Gasteiger partial charge in [-0.05, 0) is 86.7 Å². The van der Waals surface area contributed by atoms with Gasteiger partial charge in [0.1, 0.15) is 11.4 Å². The van der Waals surface area contributed by atoms with Crippen LogP contribution in [0.4, 0.5) is 5.69 Å². The van der Waals surface area contributed by atoms with Gasteiger partial charge in [0, 0.05) is 65.9 Å². The maximum absolute atomic E-state index is 15.0. The number of hydrogen-bond donors (Lipinski definition) is 1. The van der Waals surface area contributed by atoms with Gasteiger partial charge in [0.25, 0.3) is 5.91 Å². The summed E-state index contributed by atoms with van der Waals surface area (Å²) in [6.07, 6.45) is 3.73. The molecule has 2 aliphatic heterocycles. The standard InChI is InChI=1S/C38H35Cl2N5O4/c1-19-13-24(14-20(2)34(19)40)49-12-6-7-25-26-8-9-28(39)33-32-21(3)43(5)41-29(32)17-23-18-44(37(46)36(25)45(23)35(26)33)31-16-22(38(47)48)15-30-27(31)10-11-42(30)4/h8-11,13-16,23H,6-7,12,17-18H2,1-5H3,(H,47,48)/t23-/m1/s1. The molecule has 3 aromatic heterocycles. The van der Waals surface area contributed by atoms with E-state index in [1.807, 2.05) is 73.7 Å². The number of carboxylic acids is 1. The van der Waals surface area contributed by atoms with Crippen LogP contribution in [-0.4, -0.2) is 49.0 Å². The van der Waals surface area contributed by atoms with E-state index >= 15 is 0 Å². The highest BCUT2D eigenvalue weighted by Crippen LogP contribution is 2.48. The number of benzene rings is 3. The van der Waals surface area contributed by atoms with E-state index in [1.54, 1.807) is 17.0 Å². The van der Waals surface area contributed by atoms with E-state index in [9.17, 15) is 14.7 Å². The molecule has 0 aliphatic carbocycles. The molecule has 5 heterocycles. The van der Waals surface area contributed by atoms with Crippen molar-refractivity contribution in [3.8, 4) is 16.9 Å². The van der Waals surface area contributed by atoms with Gasteiger partial charge in [-0.2, -0.15) is 5.10 Å². The zero-order valence-electron chi connectivity index (χ0n) is 27.9. The van der Waals surface area contributed by atoms with Crippen LogP contribution in [-0.2, 0) is 26.9 Å². The first kappa shape index (κ1) is 31.5. The van der Waals surface area contributed by atoms with Crippen molar-refractivity contribution in [2.45, 2.75) is 46.1 Å². The Morgan fingerprint density at radius 1 is 1.02 bits per heavy atom. The normalized spacial score (nSPS) is 15.3. The van der Waals surface area contributed by atoms with Crippen molar-refractivity contribution in [2.24, 2.45) is 14.1 Å². The lowest BCUT2D eigenvalue weighted by atomic mass is 9.95. The number of aromatic carboxylic acids is 1. The van der Waals surface area contributed by atoms with Crippen LogP contribution in [0.25, 0.3) is 32.9 Å². The van der Waals surface area contributed by atoms with Crippen molar-refractivity contribution in [2.75, 3.05) is 18.1 Å². The van der Waals surface area contributed by atoms with Gasteiger partial charge < -0.3 is 23.9 Å². The summed E-state index contributed by atoms with van der Waals surface area (Å²) in [5.74, 6) is -0.449. The first-order valence-electron chi connectivity index (χ1n) is 16.4. The Hall–Kier alpha value is -4.73. The number of amides is 1. The number of halogens is 2. The van der Waals surface area contributed by atoms with Crippen LogP contribution in [0.1, 0.15) is 61.4 Å². The highest BCUT2D eigenvalue weighted by molar-refractivity contribution is 6.35. The first-order valence-corrected chi connectivity index (χ1v) is 17.1. The van der Waals surface area contributed by atoms with E-state index in [0.29, 0.717) is 48.8 Å². The van der Waals surface area contributed by atoms with Gasteiger partial charge in [-0.3, -0.25) is 9.48 Å². The largest absolute Gasteiger partial charge is 0.494 e. The number of carboxylic acid groups (broad SMARTS) is 1. The fourth-order valence-electron chi connectivity index (χ4n) is 7.90. The summed E-state index contributed by atoms with van der Waals surface area (Å²) in [5, 5.41) is 18.1. The summed E-state index contributed by atoms with van der Waals surface area (Å²) in [6, 6.07) is 12.9. The summed E-state index contributed by atoms with van der Waals surface area (Å²) in [4.78, 5) is 29.0. The van der Waals surface area contributed by atoms with Gasteiger partial charge in [-0.25, -0.2) is 4.79 Å². The molecule has 0 saturated heterocycles. The fourth-order valence-corrected chi connectivity index (χ4v) is 8.25. The van der Waals surface area contributed by atoms with Crippen LogP contribution in [0.3, 0.4) is 0 Å². The van der Waals surface area contributed by atoms with Crippen molar-refractivity contribution >= 4 is 62.6 Å². The molecule has 2 aliphatic rings. The van der Waals surface area contributed by atoms with Crippen molar-refractivity contribution in [3.05, 3.63) is 98.0 Å². The number of fused-ring (bicyclic) bond motifs is 3. The van der Waals surface area contributed by atoms with Gasteiger partial charge in [0.2, 0.25) is 0 Å². The van der Waals surface area contributed by atoms with E-state index in [2.05, 4.69) is 11.5 Å². The van der Waals surface area contributed by atoms with Crippen molar-refractivity contribution in [1.29, 1.82) is 0 Å². The van der Waals surface area contributed by atoms with Crippen LogP contribution in [0.15, 0.2) is 48.7 Å². The Kier molecular flexibility index (Phi) is 7.35. The zero-order chi connectivity index (χ0) is 34.5.